The van der Waals surface area contributed by atoms with Crippen LogP contribution in [0.5, 0.6) is 0 Å². The quantitative estimate of drug-likeness (QED) is 0.437. The van der Waals surface area contributed by atoms with Crippen LogP contribution >= 0.6 is 0 Å². The van der Waals surface area contributed by atoms with Gasteiger partial charge in [0.2, 0.25) is 0 Å². The zero-order chi connectivity index (χ0) is 16.1. The van der Waals surface area contributed by atoms with Gasteiger partial charge < -0.3 is 9.64 Å². The topological polar surface area (TPSA) is 26.5 Å². The molecule has 1 rings (SSSR count). The zero-order valence-corrected chi connectivity index (χ0v) is 17.8. The molecular formula is C17H31LiN2Si2. The molecule has 0 radical (unpaired) electrons. The molecule has 0 fully saturated rings. The predicted molar refractivity (Wildman–Crippen MR) is 102 cm³/mol. The van der Waals surface area contributed by atoms with Crippen LogP contribution in [-0.2, 0) is 6.42 Å². The van der Waals surface area contributed by atoms with E-state index < -0.39 is 16.5 Å². The molecule has 1 aromatic rings. The summed E-state index contributed by atoms with van der Waals surface area (Å²) in [7, 11) is -3.04. The number of nitrogens with zero attached hydrogens (tertiary/aromatic N) is 2. The molecule has 2 nitrogen and oxygen atoms in total. The first-order valence-corrected chi connectivity index (χ1v) is 14.9. The van der Waals surface area contributed by atoms with E-state index in [1.807, 2.05) is 0 Å². The SMILES string of the molecule is CCCCc1ccc(/C(=N/[Si](C)(C)C)[N-][Si](C)(C)C)cc1.[Li+]. The molecule has 0 saturated carbocycles. The smallest absolute Gasteiger partial charge is 0.472 e. The number of unbranched alkanes of at least 4 members (excludes halogenated alkanes) is 1. The van der Waals surface area contributed by atoms with Crippen molar-refractivity contribution in [2.45, 2.75) is 65.5 Å². The zero-order valence-electron chi connectivity index (χ0n) is 15.8. The Kier molecular flexibility index (Phi) is 9.01. The van der Waals surface area contributed by atoms with Gasteiger partial charge in [-0.15, -0.1) is 0 Å². The molecule has 0 unspecified atom stereocenters. The average molecular weight is 327 g/mol. The molecule has 0 amide bonds. The van der Waals surface area contributed by atoms with Gasteiger partial charge in [-0.3, -0.25) is 0 Å². The van der Waals surface area contributed by atoms with E-state index in [0.29, 0.717) is 0 Å². The summed E-state index contributed by atoms with van der Waals surface area (Å²) in [6, 6.07) is 8.89. The van der Waals surface area contributed by atoms with Gasteiger partial charge in [-0.1, -0.05) is 82.7 Å². The molecule has 0 spiro atoms. The number of hydrogen-bond donors (Lipinski definition) is 0. The number of amidine groups is 1. The molecule has 0 heterocycles. The maximum Gasteiger partial charge on any atom is 1.00 e. The van der Waals surface area contributed by atoms with Crippen LogP contribution in [0.4, 0.5) is 0 Å². The number of hydrogen-bond acceptors (Lipinski definition) is 1. The van der Waals surface area contributed by atoms with Crippen molar-refractivity contribution < 1.29 is 18.9 Å². The van der Waals surface area contributed by atoms with Crippen molar-refractivity contribution in [1.29, 1.82) is 0 Å². The van der Waals surface area contributed by atoms with E-state index in [0.717, 1.165) is 5.84 Å². The van der Waals surface area contributed by atoms with Crippen molar-refractivity contribution in [1.82, 2.24) is 0 Å². The van der Waals surface area contributed by atoms with E-state index >= 15 is 0 Å². The monoisotopic (exact) mass is 326 g/mol. The van der Waals surface area contributed by atoms with Crippen LogP contribution in [-0.4, -0.2) is 22.3 Å². The van der Waals surface area contributed by atoms with Gasteiger partial charge in [-0.2, -0.15) is 0 Å². The minimum atomic E-state index is -1.52. The normalized spacial score (nSPS) is 12.8. The molecule has 0 aliphatic rings. The van der Waals surface area contributed by atoms with Crippen LogP contribution in [0.3, 0.4) is 0 Å². The summed E-state index contributed by atoms with van der Waals surface area (Å²) in [5.41, 5.74) is 2.60. The van der Waals surface area contributed by atoms with E-state index in [1.165, 1.54) is 30.4 Å². The summed E-state index contributed by atoms with van der Waals surface area (Å²) in [6.45, 7) is 15.8. The Morgan fingerprint density at radius 1 is 1.00 bits per heavy atom. The second kappa shape index (κ2) is 9.12. The average Bonchev–Trinajstić information content (AvgIpc) is 2.33. The minimum absolute atomic E-state index is 0. The van der Waals surface area contributed by atoms with Gasteiger partial charge in [0.1, 0.15) is 0 Å². The molecule has 0 bridgehead atoms. The molecule has 1 aromatic carbocycles. The third-order valence-electron chi connectivity index (χ3n) is 2.91. The first-order chi connectivity index (χ1) is 9.61. The van der Waals surface area contributed by atoms with Crippen LogP contribution < -0.4 is 18.9 Å². The van der Waals surface area contributed by atoms with Crippen LogP contribution in [0.1, 0.15) is 30.9 Å². The van der Waals surface area contributed by atoms with E-state index in [4.69, 9.17) is 9.64 Å². The molecule has 0 N–H and O–H groups in total. The van der Waals surface area contributed by atoms with Gasteiger partial charge in [0, 0.05) is 16.5 Å². The third-order valence-corrected chi connectivity index (χ3v) is 4.68. The predicted octanol–water partition coefficient (Wildman–Crippen LogP) is 2.82. The molecular weight excluding hydrogens is 295 g/mol. The third kappa shape index (κ3) is 8.99. The van der Waals surface area contributed by atoms with Gasteiger partial charge in [0.05, 0.1) is 0 Å². The molecule has 22 heavy (non-hydrogen) atoms. The summed E-state index contributed by atoms with van der Waals surface area (Å²) in [5.74, 6) is 0.982. The Bertz CT molecular complexity index is 471. The standard InChI is InChI=1S/C17H31N2Si2.Li/c1-8-9-10-15-11-13-16(14-12-15)17(18-20(2,3)4)19-21(5,6)7;/h11-14H,8-10H2,1-7H3;/q-1;+1. The summed E-state index contributed by atoms with van der Waals surface area (Å²) in [4.78, 5) is 4.98. The van der Waals surface area contributed by atoms with Crippen molar-refractivity contribution in [2.24, 2.45) is 4.66 Å². The van der Waals surface area contributed by atoms with Crippen LogP contribution in [0.15, 0.2) is 28.9 Å². The first-order valence-electron chi connectivity index (χ1n) is 8.03. The number of rotatable bonds is 6. The van der Waals surface area contributed by atoms with Crippen LogP contribution in [0.2, 0.25) is 39.3 Å². The minimum Gasteiger partial charge on any atom is -0.472 e. The Hall–Kier alpha value is -0.279. The van der Waals surface area contributed by atoms with Crippen LogP contribution in [0, 0.1) is 0 Å². The van der Waals surface area contributed by atoms with Crippen LogP contribution in [0.25, 0.3) is 4.98 Å². The molecule has 0 saturated heterocycles. The fourth-order valence-electron chi connectivity index (χ4n) is 1.99. The molecule has 0 atom stereocenters. The summed E-state index contributed by atoms with van der Waals surface area (Å²) in [5, 5.41) is 0. The van der Waals surface area contributed by atoms with E-state index in [1.54, 1.807) is 0 Å². The Morgan fingerprint density at radius 3 is 1.95 bits per heavy atom. The molecule has 118 valence electrons. The Labute approximate surface area is 151 Å². The van der Waals surface area contributed by atoms with E-state index in [2.05, 4.69) is 70.5 Å². The summed E-state index contributed by atoms with van der Waals surface area (Å²) >= 11 is 0. The summed E-state index contributed by atoms with van der Waals surface area (Å²) in [6.07, 6.45) is 3.67. The number of benzene rings is 1. The van der Waals surface area contributed by atoms with Crippen molar-refractivity contribution in [3.63, 3.8) is 0 Å². The molecule has 0 aliphatic heterocycles. The van der Waals surface area contributed by atoms with E-state index in [9.17, 15) is 0 Å². The van der Waals surface area contributed by atoms with Crippen molar-refractivity contribution in [3.8, 4) is 0 Å². The van der Waals surface area contributed by atoms with Crippen molar-refractivity contribution in [2.75, 3.05) is 0 Å². The van der Waals surface area contributed by atoms with Gasteiger partial charge in [-0.05, 0) is 24.0 Å². The van der Waals surface area contributed by atoms with E-state index in [-0.39, 0.29) is 18.9 Å². The first kappa shape index (κ1) is 21.7. The fraction of sp³-hybridized carbons (Fsp3) is 0.588. The maximum absolute atomic E-state index is 4.98. The van der Waals surface area contributed by atoms with Gasteiger partial charge in [-0.25, -0.2) is 0 Å². The summed E-state index contributed by atoms with van der Waals surface area (Å²) < 4.78 is 4.98. The molecule has 0 aromatic heterocycles. The maximum atomic E-state index is 4.98. The molecule has 0 aliphatic carbocycles. The van der Waals surface area contributed by atoms with Crippen molar-refractivity contribution in [3.05, 3.63) is 40.4 Å². The largest absolute Gasteiger partial charge is 1.00 e. The Balaban J connectivity index is 0.00000441. The fourth-order valence-corrected chi connectivity index (χ4v) is 3.72. The second-order valence-electron chi connectivity index (χ2n) is 7.69. The van der Waals surface area contributed by atoms with Gasteiger partial charge in [0.25, 0.3) is 0 Å². The van der Waals surface area contributed by atoms with Gasteiger partial charge >= 0.3 is 18.9 Å². The van der Waals surface area contributed by atoms with Gasteiger partial charge in [0.15, 0.2) is 0 Å². The second-order valence-corrected chi connectivity index (χ2v) is 16.8. The Morgan fingerprint density at radius 2 is 1.55 bits per heavy atom. The van der Waals surface area contributed by atoms with Crippen molar-refractivity contribution >= 4 is 22.3 Å². The number of aryl methyl sites for hydroxylation is 1. The molecule has 5 heteroatoms.